The molecule has 0 aromatic carbocycles. The van der Waals surface area contributed by atoms with Crippen LogP contribution < -0.4 is 0 Å². The molecule has 0 spiro atoms. The fourth-order valence-electron chi connectivity index (χ4n) is 2.69. The largest absolute Gasteiger partial charge is 0.344 e. The first-order valence-electron chi connectivity index (χ1n) is 6.23. The van der Waals surface area contributed by atoms with E-state index in [-0.39, 0.29) is 11.3 Å². The van der Waals surface area contributed by atoms with Gasteiger partial charge in [-0.2, -0.15) is 0 Å². The smallest absolute Gasteiger partial charge is 0.225 e. The minimum absolute atomic E-state index is 0.180. The zero-order chi connectivity index (χ0) is 12.3. The number of rotatable bonds is 3. The first-order valence-corrected chi connectivity index (χ1v) is 7.15. The van der Waals surface area contributed by atoms with Gasteiger partial charge in [-0.05, 0) is 18.3 Å². The molecule has 0 aromatic rings. The number of halogens is 1. The first-order chi connectivity index (χ1) is 7.34. The van der Waals surface area contributed by atoms with E-state index in [0.29, 0.717) is 10.7 Å². The Balaban J connectivity index is 2.64. The highest BCUT2D eigenvalue weighted by molar-refractivity contribution is 9.09. The number of nitrogens with zero attached hydrogens (tertiary/aromatic N) is 1. The van der Waals surface area contributed by atoms with E-state index in [4.69, 9.17) is 0 Å². The van der Waals surface area contributed by atoms with Crippen molar-refractivity contribution in [1.29, 1.82) is 0 Å². The molecule has 0 heterocycles. The number of hydrogen-bond donors (Lipinski definition) is 0. The van der Waals surface area contributed by atoms with Crippen molar-refractivity contribution in [1.82, 2.24) is 4.90 Å². The van der Waals surface area contributed by atoms with Gasteiger partial charge in [-0.15, -0.1) is 0 Å². The summed E-state index contributed by atoms with van der Waals surface area (Å²) in [5.74, 6) is 0.550. The van der Waals surface area contributed by atoms with Gasteiger partial charge in [0.15, 0.2) is 0 Å². The average Bonchev–Trinajstić information content (AvgIpc) is 2.15. The molecule has 2 atom stereocenters. The van der Waals surface area contributed by atoms with Crippen molar-refractivity contribution in [3.8, 4) is 0 Å². The van der Waals surface area contributed by atoms with E-state index in [1.807, 2.05) is 11.9 Å². The van der Waals surface area contributed by atoms with Crippen LogP contribution in [0.5, 0.6) is 0 Å². The molecule has 1 fully saturated rings. The summed E-state index contributed by atoms with van der Waals surface area (Å²) < 4.78 is 0. The predicted molar refractivity (Wildman–Crippen MR) is 71.8 cm³/mol. The molecule has 0 N–H and O–H groups in total. The molecule has 0 bridgehead atoms. The second kappa shape index (κ2) is 5.52. The third kappa shape index (κ3) is 3.47. The minimum atomic E-state index is 0.180. The van der Waals surface area contributed by atoms with Crippen molar-refractivity contribution in [2.24, 2.45) is 11.3 Å². The molecule has 94 valence electrons. The fourth-order valence-corrected chi connectivity index (χ4v) is 3.12. The summed E-state index contributed by atoms with van der Waals surface area (Å²) >= 11 is 3.50. The van der Waals surface area contributed by atoms with Gasteiger partial charge in [-0.25, -0.2) is 0 Å². The minimum Gasteiger partial charge on any atom is -0.344 e. The van der Waals surface area contributed by atoms with Gasteiger partial charge < -0.3 is 4.90 Å². The van der Waals surface area contributed by atoms with Crippen LogP contribution in [-0.4, -0.2) is 29.2 Å². The first kappa shape index (κ1) is 14.0. The molecule has 1 rings (SSSR count). The number of amides is 1. The summed E-state index contributed by atoms with van der Waals surface area (Å²) in [4.78, 5) is 14.6. The molecular formula is C13H24BrNO. The van der Waals surface area contributed by atoms with Crippen molar-refractivity contribution in [2.75, 3.05) is 13.6 Å². The van der Waals surface area contributed by atoms with Gasteiger partial charge in [0.25, 0.3) is 0 Å². The van der Waals surface area contributed by atoms with Crippen molar-refractivity contribution in [3.63, 3.8) is 0 Å². The summed E-state index contributed by atoms with van der Waals surface area (Å²) in [5.41, 5.74) is 0.180. The fraction of sp³-hybridized carbons (Fsp3) is 0.923. The quantitative estimate of drug-likeness (QED) is 0.729. The normalized spacial score (nSPS) is 26.2. The second-order valence-corrected chi connectivity index (χ2v) is 7.35. The number of carbonyl (C=O) groups excluding carboxylic acids is 1. The Morgan fingerprint density at radius 1 is 1.50 bits per heavy atom. The molecule has 3 heteroatoms. The van der Waals surface area contributed by atoms with Crippen LogP contribution in [0.3, 0.4) is 0 Å². The molecule has 0 radical (unpaired) electrons. The van der Waals surface area contributed by atoms with Crippen LogP contribution in [0.2, 0.25) is 0 Å². The predicted octanol–water partition coefficient (Wildman–Crippen LogP) is 3.44. The lowest BCUT2D eigenvalue weighted by atomic mass is 9.68. The Morgan fingerprint density at radius 2 is 2.12 bits per heavy atom. The summed E-state index contributed by atoms with van der Waals surface area (Å²) in [7, 11) is 1.92. The summed E-state index contributed by atoms with van der Waals surface area (Å²) in [6.07, 6.45) is 4.72. The monoisotopic (exact) mass is 289 g/mol. The van der Waals surface area contributed by atoms with Gasteiger partial charge in [-0.3, -0.25) is 4.79 Å². The van der Waals surface area contributed by atoms with Gasteiger partial charge in [0.05, 0.1) is 0 Å². The van der Waals surface area contributed by atoms with Crippen LogP contribution >= 0.6 is 15.9 Å². The lowest BCUT2D eigenvalue weighted by Crippen LogP contribution is -2.43. The van der Waals surface area contributed by atoms with E-state index in [9.17, 15) is 4.79 Å². The van der Waals surface area contributed by atoms with Crippen molar-refractivity contribution >= 4 is 21.8 Å². The molecule has 1 amide bonds. The van der Waals surface area contributed by atoms with E-state index in [0.717, 1.165) is 13.0 Å². The van der Waals surface area contributed by atoms with Gasteiger partial charge >= 0.3 is 0 Å². The third-order valence-electron chi connectivity index (χ3n) is 3.71. The van der Waals surface area contributed by atoms with E-state index < -0.39 is 0 Å². The zero-order valence-electron chi connectivity index (χ0n) is 10.9. The molecular weight excluding hydrogens is 266 g/mol. The molecule has 1 aliphatic rings. The Bertz CT molecular complexity index is 250. The third-order valence-corrected chi connectivity index (χ3v) is 4.00. The van der Waals surface area contributed by atoms with Crippen molar-refractivity contribution < 1.29 is 4.79 Å². The Morgan fingerprint density at radius 3 is 2.62 bits per heavy atom. The zero-order valence-corrected chi connectivity index (χ0v) is 12.5. The maximum absolute atomic E-state index is 12.4. The van der Waals surface area contributed by atoms with Gasteiger partial charge in [-0.1, -0.05) is 49.5 Å². The summed E-state index contributed by atoms with van der Waals surface area (Å²) in [5, 5.41) is 0. The second-order valence-electron chi connectivity index (χ2n) is 5.79. The lowest BCUT2D eigenvalue weighted by molar-refractivity contribution is -0.139. The lowest BCUT2D eigenvalue weighted by Gasteiger charge is -2.39. The molecule has 2 unspecified atom stereocenters. The average molecular weight is 290 g/mol. The maximum atomic E-state index is 12.4. The van der Waals surface area contributed by atoms with Crippen LogP contribution in [0, 0.1) is 11.3 Å². The molecule has 16 heavy (non-hydrogen) atoms. The van der Waals surface area contributed by atoms with Gasteiger partial charge in [0, 0.05) is 24.3 Å². The number of alkyl halides is 1. The van der Waals surface area contributed by atoms with Crippen LogP contribution in [0.25, 0.3) is 0 Å². The Kier molecular flexibility index (Phi) is 4.84. The molecule has 1 saturated carbocycles. The van der Waals surface area contributed by atoms with Crippen LogP contribution in [0.4, 0.5) is 0 Å². The summed E-state index contributed by atoms with van der Waals surface area (Å²) in [6, 6.07) is 0. The van der Waals surface area contributed by atoms with Crippen LogP contribution in [0.1, 0.15) is 46.5 Å². The van der Waals surface area contributed by atoms with Crippen molar-refractivity contribution in [3.05, 3.63) is 0 Å². The molecule has 1 aliphatic carbocycles. The Hall–Kier alpha value is -0.0500. The molecule has 0 aliphatic heterocycles. The number of hydrogen-bond acceptors (Lipinski definition) is 1. The Labute approximate surface area is 108 Å². The topological polar surface area (TPSA) is 20.3 Å². The molecule has 0 saturated heterocycles. The van der Waals surface area contributed by atoms with E-state index in [1.165, 1.54) is 19.3 Å². The van der Waals surface area contributed by atoms with E-state index in [2.05, 4.69) is 36.7 Å². The molecule has 0 aromatic heterocycles. The highest BCUT2D eigenvalue weighted by atomic mass is 79.9. The number of carbonyl (C=O) groups is 1. The van der Waals surface area contributed by atoms with Crippen LogP contribution in [-0.2, 0) is 4.79 Å². The van der Waals surface area contributed by atoms with E-state index >= 15 is 0 Å². The van der Waals surface area contributed by atoms with Gasteiger partial charge in [0.1, 0.15) is 0 Å². The SMILES string of the molecule is CC(Br)CN(C)C(=O)C1CCCCC1(C)C. The van der Waals surface area contributed by atoms with E-state index in [1.54, 1.807) is 0 Å². The van der Waals surface area contributed by atoms with Crippen LogP contribution in [0.15, 0.2) is 0 Å². The highest BCUT2D eigenvalue weighted by Gasteiger charge is 2.38. The maximum Gasteiger partial charge on any atom is 0.225 e. The highest BCUT2D eigenvalue weighted by Crippen LogP contribution is 2.41. The van der Waals surface area contributed by atoms with Crippen molar-refractivity contribution in [2.45, 2.75) is 51.3 Å². The summed E-state index contributed by atoms with van der Waals surface area (Å²) in [6.45, 7) is 7.35. The molecule has 2 nitrogen and oxygen atoms in total. The standard InChI is InChI=1S/C13H24BrNO/c1-10(14)9-15(4)12(16)11-7-5-6-8-13(11,2)3/h10-11H,5-9H2,1-4H3. The van der Waals surface area contributed by atoms with Gasteiger partial charge in [0.2, 0.25) is 5.91 Å².